The summed E-state index contributed by atoms with van der Waals surface area (Å²) in [6.07, 6.45) is 0. The van der Waals surface area contributed by atoms with Gasteiger partial charge in [-0.05, 0) is 37.3 Å². The smallest absolute Gasteiger partial charge is 0.162 e. The third kappa shape index (κ3) is 3.34. The minimum Gasteiger partial charge on any atom is -0.493 e. The molecule has 0 saturated carbocycles. The summed E-state index contributed by atoms with van der Waals surface area (Å²) in [6, 6.07) is 11.3. The molecule has 3 rings (SSSR count). The second-order valence-corrected chi connectivity index (χ2v) is 6.71. The summed E-state index contributed by atoms with van der Waals surface area (Å²) in [5.41, 5.74) is 17.4. The molecule has 5 N–H and O–H groups in total. The molecule has 25 heavy (non-hydrogen) atoms. The average Bonchev–Trinajstić information content (AvgIpc) is 2.97. The number of nitrogens with one attached hydrogen (secondary N) is 1. The highest BCUT2D eigenvalue weighted by molar-refractivity contribution is 7.11. The largest absolute Gasteiger partial charge is 0.493 e. The standard InChI is InChI=1S/C19H21N3O2S/c1-11-19(14-8-12(20)4-6-15(14)21)16(10-25-11)22-13-5-7-17(23-2)18(9-13)24-3/h4-10,22H,20-21H2,1-3H3. The molecule has 5 nitrogen and oxygen atoms in total. The highest BCUT2D eigenvalue weighted by Gasteiger charge is 2.15. The van der Waals surface area contributed by atoms with E-state index in [1.807, 2.05) is 36.4 Å². The van der Waals surface area contributed by atoms with Crippen LogP contribution < -0.4 is 26.3 Å². The van der Waals surface area contributed by atoms with E-state index in [0.29, 0.717) is 22.9 Å². The fourth-order valence-electron chi connectivity index (χ4n) is 2.74. The summed E-state index contributed by atoms with van der Waals surface area (Å²) in [5, 5.41) is 5.52. The second kappa shape index (κ2) is 6.94. The van der Waals surface area contributed by atoms with Gasteiger partial charge >= 0.3 is 0 Å². The summed E-state index contributed by atoms with van der Waals surface area (Å²) < 4.78 is 10.7. The number of hydrogen-bond acceptors (Lipinski definition) is 6. The molecule has 0 amide bonds. The second-order valence-electron chi connectivity index (χ2n) is 5.62. The summed E-state index contributed by atoms with van der Waals surface area (Å²) in [6.45, 7) is 2.07. The van der Waals surface area contributed by atoms with Crippen molar-refractivity contribution in [2.24, 2.45) is 0 Å². The molecule has 0 bridgehead atoms. The van der Waals surface area contributed by atoms with Gasteiger partial charge in [-0.25, -0.2) is 0 Å². The van der Waals surface area contributed by atoms with Gasteiger partial charge < -0.3 is 26.3 Å². The van der Waals surface area contributed by atoms with Crippen molar-refractivity contribution in [1.29, 1.82) is 0 Å². The van der Waals surface area contributed by atoms with Gasteiger partial charge in [-0.3, -0.25) is 0 Å². The molecule has 0 atom stereocenters. The van der Waals surface area contributed by atoms with Crippen LogP contribution in [0.5, 0.6) is 11.5 Å². The topological polar surface area (TPSA) is 82.5 Å². The van der Waals surface area contributed by atoms with Crippen LogP contribution >= 0.6 is 11.3 Å². The minimum absolute atomic E-state index is 0.671. The molecule has 0 aliphatic carbocycles. The van der Waals surface area contributed by atoms with E-state index in [2.05, 4.69) is 17.6 Å². The molecule has 1 heterocycles. The van der Waals surface area contributed by atoms with Crippen LogP contribution in [-0.4, -0.2) is 14.2 Å². The molecule has 3 aromatic rings. The number of nitrogens with two attached hydrogens (primary N) is 2. The monoisotopic (exact) mass is 355 g/mol. The molecule has 0 fully saturated rings. The SMILES string of the molecule is COc1ccc(Nc2csc(C)c2-c2cc(N)ccc2N)cc1OC. The first-order valence-electron chi connectivity index (χ1n) is 7.76. The van der Waals surface area contributed by atoms with Crippen LogP contribution in [0, 0.1) is 6.92 Å². The van der Waals surface area contributed by atoms with Crippen LogP contribution in [-0.2, 0) is 0 Å². The quantitative estimate of drug-likeness (QED) is 0.580. The Hall–Kier alpha value is -2.86. The number of rotatable bonds is 5. The molecular formula is C19H21N3O2S. The van der Waals surface area contributed by atoms with Gasteiger partial charge in [0.15, 0.2) is 11.5 Å². The zero-order valence-electron chi connectivity index (χ0n) is 14.4. The first-order chi connectivity index (χ1) is 12.0. The highest BCUT2D eigenvalue weighted by atomic mass is 32.1. The van der Waals surface area contributed by atoms with Crippen molar-refractivity contribution in [1.82, 2.24) is 0 Å². The summed E-state index contributed by atoms with van der Waals surface area (Å²) in [5.74, 6) is 1.36. The van der Waals surface area contributed by atoms with E-state index in [4.69, 9.17) is 20.9 Å². The third-order valence-corrected chi connectivity index (χ3v) is 4.90. The Labute approximate surface area is 151 Å². The van der Waals surface area contributed by atoms with Crippen molar-refractivity contribution in [2.75, 3.05) is 31.0 Å². The first kappa shape index (κ1) is 17.0. The van der Waals surface area contributed by atoms with Gasteiger partial charge in [0.2, 0.25) is 0 Å². The minimum atomic E-state index is 0.671. The lowest BCUT2D eigenvalue weighted by atomic mass is 10.0. The normalized spacial score (nSPS) is 10.5. The number of benzene rings is 2. The van der Waals surface area contributed by atoms with Crippen LogP contribution in [0.2, 0.25) is 0 Å². The van der Waals surface area contributed by atoms with Crippen molar-refractivity contribution in [3.63, 3.8) is 0 Å². The Morgan fingerprint density at radius 2 is 1.72 bits per heavy atom. The number of aryl methyl sites for hydroxylation is 1. The van der Waals surface area contributed by atoms with E-state index >= 15 is 0 Å². The number of anilines is 4. The van der Waals surface area contributed by atoms with Gasteiger partial charge in [-0.1, -0.05) is 0 Å². The zero-order valence-corrected chi connectivity index (χ0v) is 15.2. The summed E-state index contributed by atoms with van der Waals surface area (Å²) >= 11 is 1.66. The van der Waals surface area contributed by atoms with Crippen molar-refractivity contribution in [3.05, 3.63) is 46.7 Å². The third-order valence-electron chi connectivity index (χ3n) is 3.98. The van der Waals surface area contributed by atoms with E-state index < -0.39 is 0 Å². The van der Waals surface area contributed by atoms with Crippen LogP contribution in [0.3, 0.4) is 0 Å². The summed E-state index contributed by atoms with van der Waals surface area (Å²) in [4.78, 5) is 1.17. The lowest BCUT2D eigenvalue weighted by Crippen LogP contribution is -1.97. The van der Waals surface area contributed by atoms with Gasteiger partial charge in [0.1, 0.15) is 0 Å². The van der Waals surface area contributed by atoms with Crippen molar-refractivity contribution < 1.29 is 9.47 Å². The van der Waals surface area contributed by atoms with Crippen molar-refractivity contribution >= 4 is 34.1 Å². The summed E-state index contributed by atoms with van der Waals surface area (Å²) in [7, 11) is 3.24. The lowest BCUT2D eigenvalue weighted by molar-refractivity contribution is 0.355. The molecule has 0 aliphatic heterocycles. The van der Waals surface area contributed by atoms with Crippen LogP contribution in [0.15, 0.2) is 41.8 Å². The molecular weight excluding hydrogens is 334 g/mol. The van der Waals surface area contributed by atoms with Gasteiger partial charge in [0, 0.05) is 44.5 Å². The Morgan fingerprint density at radius 3 is 2.44 bits per heavy atom. The van der Waals surface area contributed by atoms with E-state index in [9.17, 15) is 0 Å². The van der Waals surface area contributed by atoms with Gasteiger partial charge in [0.05, 0.1) is 19.9 Å². The van der Waals surface area contributed by atoms with Crippen LogP contribution in [0.4, 0.5) is 22.7 Å². The number of thiophene rings is 1. The first-order valence-corrected chi connectivity index (χ1v) is 8.64. The van der Waals surface area contributed by atoms with Crippen molar-refractivity contribution in [2.45, 2.75) is 6.92 Å². The molecule has 0 saturated heterocycles. The molecule has 0 aliphatic rings. The van der Waals surface area contributed by atoms with Gasteiger partial charge in [-0.2, -0.15) is 0 Å². The van der Waals surface area contributed by atoms with Gasteiger partial charge in [0.25, 0.3) is 0 Å². The fraction of sp³-hybridized carbons (Fsp3) is 0.158. The predicted molar refractivity (Wildman–Crippen MR) is 106 cm³/mol. The molecule has 6 heteroatoms. The highest BCUT2D eigenvalue weighted by Crippen LogP contribution is 2.41. The maximum atomic E-state index is 6.18. The van der Waals surface area contributed by atoms with E-state index in [-0.39, 0.29) is 0 Å². The molecule has 0 spiro atoms. The Balaban J connectivity index is 2.02. The van der Waals surface area contributed by atoms with Crippen LogP contribution in [0.25, 0.3) is 11.1 Å². The average molecular weight is 355 g/mol. The van der Waals surface area contributed by atoms with E-state index in [1.54, 1.807) is 25.6 Å². The Morgan fingerprint density at radius 1 is 0.960 bits per heavy atom. The van der Waals surface area contributed by atoms with E-state index in [1.165, 1.54) is 4.88 Å². The lowest BCUT2D eigenvalue weighted by Gasteiger charge is -2.14. The number of ether oxygens (including phenoxy) is 2. The fourth-order valence-corrected chi connectivity index (χ4v) is 3.55. The Bertz CT molecular complexity index is 906. The van der Waals surface area contributed by atoms with Gasteiger partial charge in [-0.15, -0.1) is 11.3 Å². The Kier molecular flexibility index (Phi) is 4.72. The number of hydrogen-bond donors (Lipinski definition) is 3. The number of methoxy groups -OCH3 is 2. The molecule has 130 valence electrons. The molecule has 0 unspecified atom stereocenters. The predicted octanol–water partition coefficient (Wildman–Crippen LogP) is 4.65. The maximum Gasteiger partial charge on any atom is 0.162 e. The molecule has 2 aromatic carbocycles. The van der Waals surface area contributed by atoms with Crippen LogP contribution in [0.1, 0.15) is 4.88 Å². The number of nitrogen functional groups attached to an aromatic ring is 2. The maximum absolute atomic E-state index is 6.18. The molecule has 0 radical (unpaired) electrons. The van der Waals surface area contributed by atoms with E-state index in [0.717, 1.165) is 22.5 Å². The molecule has 1 aromatic heterocycles. The zero-order chi connectivity index (χ0) is 18.0. The van der Waals surface area contributed by atoms with Crippen molar-refractivity contribution in [3.8, 4) is 22.6 Å².